The maximum Gasteiger partial charge on any atom is 0.223 e. The Bertz CT molecular complexity index is 456. The van der Waals surface area contributed by atoms with Crippen molar-refractivity contribution in [1.82, 2.24) is 10.2 Å². The molecular formula is C15H22N2O3. The predicted octanol–water partition coefficient (Wildman–Crippen LogP) is 1.59. The van der Waals surface area contributed by atoms with E-state index in [0.29, 0.717) is 25.1 Å². The molecule has 0 saturated carbocycles. The van der Waals surface area contributed by atoms with Crippen LogP contribution in [0.15, 0.2) is 18.2 Å². The van der Waals surface area contributed by atoms with Crippen LogP contribution in [-0.2, 0) is 11.3 Å². The van der Waals surface area contributed by atoms with Gasteiger partial charge in [0.2, 0.25) is 5.91 Å². The van der Waals surface area contributed by atoms with Crippen molar-refractivity contribution >= 4 is 5.91 Å². The Morgan fingerprint density at radius 3 is 2.65 bits per heavy atom. The molecule has 1 aromatic rings. The Labute approximate surface area is 119 Å². The van der Waals surface area contributed by atoms with E-state index in [1.807, 2.05) is 4.90 Å². The minimum absolute atomic E-state index is 0.0477. The molecule has 1 amide bonds. The van der Waals surface area contributed by atoms with Gasteiger partial charge < -0.3 is 20.4 Å². The highest BCUT2D eigenvalue weighted by Crippen LogP contribution is 2.22. The molecule has 0 unspecified atom stereocenters. The number of carbonyl (C=O) groups excluding carboxylic acids is 1. The van der Waals surface area contributed by atoms with E-state index in [9.17, 15) is 15.0 Å². The number of piperidine rings is 1. The predicted molar refractivity (Wildman–Crippen MR) is 76.5 cm³/mol. The van der Waals surface area contributed by atoms with Crippen LogP contribution in [0.4, 0.5) is 0 Å². The molecule has 2 rings (SSSR count). The second-order valence-corrected chi connectivity index (χ2v) is 5.18. The topological polar surface area (TPSA) is 72.8 Å². The molecule has 5 heteroatoms. The molecule has 20 heavy (non-hydrogen) atoms. The van der Waals surface area contributed by atoms with Crippen LogP contribution in [0.25, 0.3) is 0 Å². The van der Waals surface area contributed by atoms with Gasteiger partial charge in [-0.25, -0.2) is 0 Å². The smallest absolute Gasteiger partial charge is 0.223 e. The van der Waals surface area contributed by atoms with Crippen molar-refractivity contribution in [2.75, 3.05) is 19.6 Å². The SMILES string of the molecule is O=C(CCNCc1ccc(O)cc1O)N1CCCCC1. The number of rotatable bonds is 5. The van der Waals surface area contributed by atoms with Crippen LogP contribution in [0.3, 0.4) is 0 Å². The van der Waals surface area contributed by atoms with E-state index in [2.05, 4.69) is 5.32 Å². The van der Waals surface area contributed by atoms with Crippen LogP contribution in [0.5, 0.6) is 11.5 Å². The standard InChI is InChI=1S/C15H22N2O3/c18-13-5-4-12(14(19)10-13)11-16-7-6-15(20)17-8-2-1-3-9-17/h4-5,10,16,18-19H,1-3,6-9,11H2. The fourth-order valence-corrected chi connectivity index (χ4v) is 2.42. The van der Waals surface area contributed by atoms with Crippen molar-refractivity contribution < 1.29 is 15.0 Å². The summed E-state index contributed by atoms with van der Waals surface area (Å²) in [5.74, 6) is 0.318. The first-order valence-corrected chi connectivity index (χ1v) is 7.16. The third-order valence-electron chi connectivity index (χ3n) is 3.61. The summed E-state index contributed by atoms with van der Waals surface area (Å²) in [5, 5.41) is 22.0. The summed E-state index contributed by atoms with van der Waals surface area (Å²) in [6.07, 6.45) is 3.93. The summed E-state index contributed by atoms with van der Waals surface area (Å²) in [5.41, 5.74) is 0.716. The summed E-state index contributed by atoms with van der Waals surface area (Å²) in [7, 11) is 0. The number of likely N-dealkylation sites (tertiary alicyclic amines) is 1. The molecule has 1 aromatic carbocycles. The monoisotopic (exact) mass is 278 g/mol. The number of benzene rings is 1. The lowest BCUT2D eigenvalue weighted by molar-refractivity contribution is -0.131. The third-order valence-corrected chi connectivity index (χ3v) is 3.61. The van der Waals surface area contributed by atoms with Gasteiger partial charge in [-0.2, -0.15) is 0 Å². The Morgan fingerprint density at radius 2 is 1.95 bits per heavy atom. The molecule has 1 aliphatic rings. The fourth-order valence-electron chi connectivity index (χ4n) is 2.42. The Morgan fingerprint density at radius 1 is 1.20 bits per heavy atom. The second-order valence-electron chi connectivity index (χ2n) is 5.18. The minimum Gasteiger partial charge on any atom is -0.508 e. The quantitative estimate of drug-likeness (QED) is 0.715. The number of nitrogens with one attached hydrogen (secondary N) is 1. The number of hydrogen-bond donors (Lipinski definition) is 3. The van der Waals surface area contributed by atoms with E-state index in [1.54, 1.807) is 6.07 Å². The van der Waals surface area contributed by atoms with Crippen molar-refractivity contribution in [2.24, 2.45) is 0 Å². The molecule has 0 radical (unpaired) electrons. The molecule has 110 valence electrons. The largest absolute Gasteiger partial charge is 0.508 e. The lowest BCUT2D eigenvalue weighted by atomic mass is 10.1. The highest BCUT2D eigenvalue weighted by atomic mass is 16.3. The first-order valence-electron chi connectivity index (χ1n) is 7.16. The summed E-state index contributed by atoms with van der Waals surface area (Å²) in [6.45, 7) is 2.85. The van der Waals surface area contributed by atoms with Crippen LogP contribution >= 0.6 is 0 Å². The van der Waals surface area contributed by atoms with Crippen LogP contribution in [0.2, 0.25) is 0 Å². The number of phenols is 2. The van der Waals surface area contributed by atoms with E-state index in [0.717, 1.165) is 25.9 Å². The zero-order valence-electron chi connectivity index (χ0n) is 11.6. The van der Waals surface area contributed by atoms with Crippen LogP contribution in [-0.4, -0.2) is 40.7 Å². The number of carbonyl (C=O) groups is 1. The Kier molecular flexibility index (Phi) is 5.24. The van der Waals surface area contributed by atoms with Crippen LogP contribution in [0.1, 0.15) is 31.2 Å². The third kappa shape index (κ3) is 4.13. The molecular weight excluding hydrogens is 256 g/mol. The van der Waals surface area contributed by atoms with Gasteiger partial charge in [0.15, 0.2) is 0 Å². The number of amides is 1. The van der Waals surface area contributed by atoms with Crippen LogP contribution in [0, 0.1) is 0 Å². The number of phenolic OH excluding ortho intramolecular Hbond substituents is 2. The van der Waals surface area contributed by atoms with Gasteiger partial charge in [0.25, 0.3) is 0 Å². The average molecular weight is 278 g/mol. The van der Waals surface area contributed by atoms with Gasteiger partial charge in [0.1, 0.15) is 11.5 Å². The lowest BCUT2D eigenvalue weighted by Crippen LogP contribution is -2.37. The van der Waals surface area contributed by atoms with Crippen molar-refractivity contribution in [1.29, 1.82) is 0 Å². The van der Waals surface area contributed by atoms with Gasteiger partial charge >= 0.3 is 0 Å². The fraction of sp³-hybridized carbons (Fsp3) is 0.533. The first kappa shape index (κ1) is 14.7. The van der Waals surface area contributed by atoms with Gasteiger partial charge in [0, 0.05) is 44.2 Å². The maximum atomic E-state index is 11.9. The second kappa shape index (κ2) is 7.14. The van der Waals surface area contributed by atoms with E-state index >= 15 is 0 Å². The van der Waals surface area contributed by atoms with E-state index < -0.39 is 0 Å². The zero-order valence-corrected chi connectivity index (χ0v) is 11.6. The van der Waals surface area contributed by atoms with Gasteiger partial charge in [-0.05, 0) is 25.3 Å². The van der Waals surface area contributed by atoms with Crippen molar-refractivity contribution in [3.63, 3.8) is 0 Å². The van der Waals surface area contributed by atoms with Gasteiger partial charge in [-0.15, -0.1) is 0 Å². The molecule has 0 spiro atoms. The molecule has 1 fully saturated rings. The maximum absolute atomic E-state index is 11.9. The summed E-state index contributed by atoms with van der Waals surface area (Å²) in [4.78, 5) is 13.9. The molecule has 1 aliphatic heterocycles. The molecule has 0 aromatic heterocycles. The van der Waals surface area contributed by atoms with Gasteiger partial charge in [0.05, 0.1) is 0 Å². The molecule has 0 bridgehead atoms. The first-order chi connectivity index (χ1) is 9.66. The van der Waals surface area contributed by atoms with E-state index in [-0.39, 0.29) is 17.4 Å². The van der Waals surface area contributed by atoms with Gasteiger partial charge in [-0.1, -0.05) is 6.07 Å². The molecule has 5 nitrogen and oxygen atoms in total. The Balaban J connectivity index is 1.69. The van der Waals surface area contributed by atoms with Crippen molar-refractivity contribution in [2.45, 2.75) is 32.2 Å². The highest BCUT2D eigenvalue weighted by molar-refractivity contribution is 5.76. The molecule has 0 atom stereocenters. The van der Waals surface area contributed by atoms with Crippen LogP contribution < -0.4 is 5.32 Å². The average Bonchev–Trinajstić information content (AvgIpc) is 2.46. The summed E-state index contributed by atoms with van der Waals surface area (Å²) in [6, 6.07) is 4.52. The normalized spacial score (nSPS) is 15.3. The minimum atomic E-state index is 0.0477. The highest BCUT2D eigenvalue weighted by Gasteiger charge is 2.15. The lowest BCUT2D eigenvalue weighted by Gasteiger charge is -2.26. The number of hydrogen-bond acceptors (Lipinski definition) is 4. The van der Waals surface area contributed by atoms with Gasteiger partial charge in [-0.3, -0.25) is 4.79 Å². The van der Waals surface area contributed by atoms with Crippen molar-refractivity contribution in [3.8, 4) is 11.5 Å². The summed E-state index contributed by atoms with van der Waals surface area (Å²) < 4.78 is 0. The number of nitrogens with zero attached hydrogens (tertiary/aromatic N) is 1. The molecule has 0 aliphatic carbocycles. The number of aromatic hydroxyl groups is 2. The Hall–Kier alpha value is -1.75. The van der Waals surface area contributed by atoms with Crippen molar-refractivity contribution in [3.05, 3.63) is 23.8 Å². The van der Waals surface area contributed by atoms with E-state index in [4.69, 9.17) is 0 Å². The molecule has 1 saturated heterocycles. The summed E-state index contributed by atoms with van der Waals surface area (Å²) >= 11 is 0. The molecule has 3 N–H and O–H groups in total. The van der Waals surface area contributed by atoms with E-state index in [1.165, 1.54) is 18.6 Å². The molecule has 1 heterocycles. The zero-order chi connectivity index (χ0) is 14.4.